The first kappa shape index (κ1) is 14.0. The Bertz CT molecular complexity index is 467. The topological polar surface area (TPSA) is 38.3 Å². The summed E-state index contributed by atoms with van der Waals surface area (Å²) in [4.78, 5) is 12.4. The first-order valence-electron chi connectivity index (χ1n) is 6.62. The minimum Gasteiger partial charge on any atom is -0.494 e. The number of methoxy groups -OCH3 is 1. The number of carbonyl (C=O) groups excluding carboxylic acids is 1. The second kappa shape index (κ2) is 5.70. The number of halogens is 1. The summed E-state index contributed by atoms with van der Waals surface area (Å²) in [6.45, 7) is 3.59. The van der Waals surface area contributed by atoms with Gasteiger partial charge in [0.2, 0.25) is 0 Å². The molecule has 2 rings (SSSR count). The molecule has 1 aliphatic rings. The van der Waals surface area contributed by atoms with Gasteiger partial charge in [-0.05, 0) is 31.0 Å². The van der Waals surface area contributed by atoms with Crippen molar-refractivity contribution in [3.8, 4) is 5.75 Å². The molecule has 0 bridgehead atoms. The molecule has 1 heterocycles. The van der Waals surface area contributed by atoms with Crippen molar-refractivity contribution in [1.29, 1.82) is 0 Å². The van der Waals surface area contributed by atoms with Gasteiger partial charge in [0.25, 0.3) is 0 Å². The molecule has 104 valence electrons. The van der Waals surface area contributed by atoms with Gasteiger partial charge in [-0.2, -0.15) is 0 Å². The van der Waals surface area contributed by atoms with Gasteiger partial charge >= 0.3 is 0 Å². The van der Waals surface area contributed by atoms with Crippen LogP contribution < -0.4 is 10.1 Å². The zero-order valence-electron chi connectivity index (χ0n) is 11.5. The number of hydrogen-bond acceptors (Lipinski definition) is 3. The van der Waals surface area contributed by atoms with Gasteiger partial charge in [0.05, 0.1) is 7.11 Å². The number of benzene rings is 1. The van der Waals surface area contributed by atoms with E-state index in [2.05, 4.69) is 5.32 Å². The van der Waals surface area contributed by atoms with Gasteiger partial charge in [-0.3, -0.25) is 4.79 Å². The average molecular weight is 265 g/mol. The third kappa shape index (κ3) is 2.95. The van der Waals surface area contributed by atoms with Crippen molar-refractivity contribution in [2.75, 3.05) is 20.2 Å². The maximum atomic E-state index is 14.0. The monoisotopic (exact) mass is 265 g/mol. The number of ketones is 1. The summed E-state index contributed by atoms with van der Waals surface area (Å²) < 4.78 is 19.0. The first-order valence-corrected chi connectivity index (χ1v) is 6.62. The lowest BCUT2D eigenvalue weighted by Crippen LogP contribution is -2.44. The van der Waals surface area contributed by atoms with Crippen LogP contribution in [0.3, 0.4) is 0 Å². The zero-order valence-corrected chi connectivity index (χ0v) is 11.5. The fourth-order valence-corrected chi connectivity index (χ4v) is 2.53. The molecule has 4 heteroatoms. The molecule has 1 atom stereocenters. The smallest absolute Gasteiger partial charge is 0.168 e. The second-order valence-corrected chi connectivity index (χ2v) is 5.37. The lowest BCUT2D eigenvalue weighted by Gasteiger charge is -2.32. The summed E-state index contributed by atoms with van der Waals surface area (Å²) in [5.74, 6) is -0.144. The van der Waals surface area contributed by atoms with Gasteiger partial charge in [-0.25, -0.2) is 4.39 Å². The standard InChI is InChI=1S/C15H20FNO2/c1-15(7-4-8-17-10-15)13(18)9-11-5-3-6-12(19-2)14(11)16/h3,5-6,17H,4,7-10H2,1-2H3. The van der Waals surface area contributed by atoms with E-state index in [-0.39, 0.29) is 23.4 Å². The molecule has 0 saturated carbocycles. The summed E-state index contributed by atoms with van der Waals surface area (Å²) >= 11 is 0. The van der Waals surface area contributed by atoms with Gasteiger partial charge in [0.15, 0.2) is 11.6 Å². The minimum atomic E-state index is -0.425. The molecule has 1 saturated heterocycles. The van der Waals surface area contributed by atoms with E-state index in [0.717, 1.165) is 19.4 Å². The number of ether oxygens (including phenoxy) is 1. The Morgan fingerprint density at radius 3 is 2.95 bits per heavy atom. The van der Waals surface area contributed by atoms with Gasteiger partial charge in [-0.1, -0.05) is 19.1 Å². The maximum Gasteiger partial charge on any atom is 0.168 e. The molecule has 0 radical (unpaired) electrons. The zero-order chi connectivity index (χ0) is 13.9. The molecule has 1 aliphatic heterocycles. The highest BCUT2D eigenvalue weighted by Gasteiger charge is 2.34. The van der Waals surface area contributed by atoms with Crippen LogP contribution in [-0.4, -0.2) is 26.0 Å². The van der Waals surface area contributed by atoms with E-state index < -0.39 is 5.82 Å². The highest BCUT2D eigenvalue weighted by atomic mass is 19.1. The summed E-state index contributed by atoms with van der Waals surface area (Å²) in [7, 11) is 1.43. The van der Waals surface area contributed by atoms with Crippen molar-refractivity contribution in [2.45, 2.75) is 26.2 Å². The number of hydrogen-bond donors (Lipinski definition) is 1. The van der Waals surface area contributed by atoms with Gasteiger partial charge in [-0.15, -0.1) is 0 Å². The van der Waals surface area contributed by atoms with Crippen LogP contribution in [0, 0.1) is 11.2 Å². The number of nitrogens with one attached hydrogen (secondary N) is 1. The number of piperidine rings is 1. The average Bonchev–Trinajstić information content (AvgIpc) is 2.42. The predicted molar refractivity (Wildman–Crippen MR) is 71.9 cm³/mol. The third-order valence-electron chi connectivity index (χ3n) is 3.88. The van der Waals surface area contributed by atoms with E-state index in [1.54, 1.807) is 18.2 Å². The quantitative estimate of drug-likeness (QED) is 0.908. The van der Waals surface area contributed by atoms with Gasteiger partial charge < -0.3 is 10.1 Å². The highest BCUT2D eigenvalue weighted by molar-refractivity contribution is 5.87. The maximum absolute atomic E-state index is 14.0. The van der Waals surface area contributed by atoms with E-state index in [4.69, 9.17) is 4.74 Å². The van der Waals surface area contributed by atoms with E-state index in [9.17, 15) is 9.18 Å². The van der Waals surface area contributed by atoms with Crippen molar-refractivity contribution >= 4 is 5.78 Å². The Morgan fingerprint density at radius 1 is 1.53 bits per heavy atom. The Kier molecular flexibility index (Phi) is 4.20. The van der Waals surface area contributed by atoms with E-state index >= 15 is 0 Å². The van der Waals surface area contributed by atoms with Gasteiger partial charge in [0, 0.05) is 18.4 Å². The van der Waals surface area contributed by atoms with Crippen molar-refractivity contribution in [2.24, 2.45) is 5.41 Å². The van der Waals surface area contributed by atoms with E-state index in [0.29, 0.717) is 12.1 Å². The normalized spacial score (nSPS) is 23.1. The predicted octanol–water partition coefficient (Wildman–Crippen LogP) is 2.34. The molecule has 19 heavy (non-hydrogen) atoms. The molecule has 0 amide bonds. The molecular formula is C15H20FNO2. The highest BCUT2D eigenvalue weighted by Crippen LogP contribution is 2.29. The lowest BCUT2D eigenvalue weighted by molar-refractivity contribution is -0.128. The molecule has 1 N–H and O–H groups in total. The van der Waals surface area contributed by atoms with E-state index in [1.165, 1.54) is 7.11 Å². The van der Waals surface area contributed by atoms with Crippen molar-refractivity contribution in [3.63, 3.8) is 0 Å². The fourth-order valence-electron chi connectivity index (χ4n) is 2.53. The largest absolute Gasteiger partial charge is 0.494 e. The van der Waals surface area contributed by atoms with Crippen LogP contribution in [0.2, 0.25) is 0 Å². The van der Waals surface area contributed by atoms with Crippen molar-refractivity contribution in [3.05, 3.63) is 29.6 Å². The first-order chi connectivity index (χ1) is 9.07. The lowest BCUT2D eigenvalue weighted by atomic mass is 9.77. The van der Waals surface area contributed by atoms with Crippen molar-refractivity contribution in [1.82, 2.24) is 5.32 Å². The summed E-state index contributed by atoms with van der Waals surface area (Å²) in [5.41, 5.74) is 0.0319. The van der Waals surface area contributed by atoms with Crippen LogP contribution in [0.15, 0.2) is 18.2 Å². The van der Waals surface area contributed by atoms with Crippen LogP contribution in [0.4, 0.5) is 4.39 Å². The van der Waals surface area contributed by atoms with E-state index in [1.807, 2.05) is 6.92 Å². The molecule has 1 unspecified atom stereocenters. The summed E-state index contributed by atoms with van der Waals surface area (Å²) in [5, 5.41) is 3.24. The SMILES string of the molecule is COc1cccc(CC(=O)C2(C)CCCNC2)c1F. The van der Waals surface area contributed by atoms with Crippen LogP contribution in [0.5, 0.6) is 5.75 Å². The molecule has 1 fully saturated rings. The number of rotatable bonds is 4. The Hall–Kier alpha value is -1.42. The Morgan fingerprint density at radius 2 is 2.32 bits per heavy atom. The Labute approximate surface area is 113 Å². The molecule has 0 spiro atoms. The fraction of sp³-hybridized carbons (Fsp3) is 0.533. The minimum absolute atomic E-state index is 0.0897. The molecule has 0 aliphatic carbocycles. The van der Waals surface area contributed by atoms with Crippen LogP contribution in [0.1, 0.15) is 25.3 Å². The molecule has 1 aromatic rings. The number of Topliss-reactive ketones (excluding diaryl/α,β-unsaturated/α-hetero) is 1. The van der Waals surface area contributed by atoms with Crippen LogP contribution in [-0.2, 0) is 11.2 Å². The van der Waals surface area contributed by atoms with Crippen molar-refractivity contribution < 1.29 is 13.9 Å². The molecule has 1 aromatic carbocycles. The molecule has 3 nitrogen and oxygen atoms in total. The number of carbonyl (C=O) groups is 1. The van der Waals surface area contributed by atoms with Crippen LogP contribution in [0.25, 0.3) is 0 Å². The van der Waals surface area contributed by atoms with Crippen LogP contribution >= 0.6 is 0 Å². The van der Waals surface area contributed by atoms with Gasteiger partial charge in [0.1, 0.15) is 5.78 Å². The Balaban J connectivity index is 2.14. The molecule has 0 aromatic heterocycles. The summed E-state index contributed by atoms with van der Waals surface area (Å²) in [6, 6.07) is 4.93. The molecular weight excluding hydrogens is 245 g/mol. The third-order valence-corrected chi connectivity index (χ3v) is 3.88. The second-order valence-electron chi connectivity index (χ2n) is 5.37. The summed E-state index contributed by atoms with van der Waals surface area (Å²) in [6.07, 6.45) is 1.98.